The van der Waals surface area contributed by atoms with Gasteiger partial charge in [0.1, 0.15) is 0 Å². The van der Waals surface area contributed by atoms with Crippen LogP contribution in [0.3, 0.4) is 0 Å². The van der Waals surface area contributed by atoms with Crippen molar-refractivity contribution in [1.82, 2.24) is 4.90 Å². The van der Waals surface area contributed by atoms with E-state index in [0.717, 1.165) is 24.3 Å². The van der Waals surface area contributed by atoms with Crippen molar-refractivity contribution in [1.29, 1.82) is 0 Å². The summed E-state index contributed by atoms with van der Waals surface area (Å²) in [5, 5.41) is 6.35. The van der Waals surface area contributed by atoms with Crippen LogP contribution in [0.5, 0.6) is 0 Å². The molecule has 21 heavy (non-hydrogen) atoms. The molecule has 1 aromatic rings. The first-order valence-electron chi connectivity index (χ1n) is 7.83. The lowest BCUT2D eigenvalue weighted by Gasteiger charge is -2.25. The number of amides is 1. The zero-order chi connectivity index (χ0) is 14.8. The maximum absolute atomic E-state index is 11.4. The van der Waals surface area contributed by atoms with E-state index in [2.05, 4.69) is 28.5 Å². The predicted octanol–water partition coefficient (Wildman–Crippen LogP) is 2.05. The smallest absolute Gasteiger partial charge is 0.224 e. The van der Waals surface area contributed by atoms with Gasteiger partial charge in [-0.2, -0.15) is 0 Å². The normalized spacial score (nSPS) is 20.0. The Morgan fingerprint density at radius 2 is 2.10 bits per heavy atom. The molecule has 3 rings (SSSR count). The van der Waals surface area contributed by atoms with Crippen molar-refractivity contribution in [3.05, 3.63) is 17.7 Å². The molecule has 2 aliphatic heterocycles. The molecule has 0 spiro atoms. The molecule has 0 radical (unpaired) electrons. The fraction of sp³-hybridized carbons (Fsp3) is 0.562. The Morgan fingerprint density at radius 1 is 1.33 bits per heavy atom. The zero-order valence-electron chi connectivity index (χ0n) is 12.6. The van der Waals surface area contributed by atoms with Gasteiger partial charge in [0.05, 0.1) is 11.4 Å². The van der Waals surface area contributed by atoms with Gasteiger partial charge < -0.3 is 16.4 Å². The molecular weight excluding hydrogens is 264 g/mol. The molecule has 2 heterocycles. The van der Waals surface area contributed by atoms with Crippen molar-refractivity contribution in [2.24, 2.45) is 0 Å². The summed E-state index contributed by atoms with van der Waals surface area (Å²) < 4.78 is 0. The number of fused-ring (bicyclic) bond motifs is 1. The molecule has 0 aromatic heterocycles. The van der Waals surface area contributed by atoms with Crippen LogP contribution in [0.1, 0.15) is 31.7 Å². The number of nitrogens with two attached hydrogens (primary N) is 1. The molecule has 1 amide bonds. The molecule has 1 saturated heterocycles. The van der Waals surface area contributed by atoms with Crippen LogP contribution in [0, 0.1) is 0 Å². The van der Waals surface area contributed by atoms with Gasteiger partial charge in [0, 0.05) is 24.7 Å². The van der Waals surface area contributed by atoms with E-state index in [-0.39, 0.29) is 5.91 Å². The Morgan fingerprint density at radius 3 is 2.86 bits per heavy atom. The number of rotatable bonds is 4. The second kappa shape index (κ2) is 5.93. The highest BCUT2D eigenvalue weighted by Gasteiger charge is 2.19. The molecule has 1 atom stereocenters. The highest BCUT2D eigenvalue weighted by molar-refractivity contribution is 5.95. The summed E-state index contributed by atoms with van der Waals surface area (Å²) in [5.41, 5.74) is 9.81. The molecule has 1 aromatic carbocycles. The lowest BCUT2D eigenvalue weighted by molar-refractivity contribution is -0.116. The number of benzene rings is 1. The largest absolute Gasteiger partial charge is 0.397 e. The predicted molar refractivity (Wildman–Crippen MR) is 86.6 cm³/mol. The minimum atomic E-state index is 0.0743. The second-order valence-electron chi connectivity index (χ2n) is 6.12. The van der Waals surface area contributed by atoms with Crippen molar-refractivity contribution >= 4 is 23.0 Å². The van der Waals surface area contributed by atoms with E-state index >= 15 is 0 Å². The molecule has 2 aliphatic rings. The topological polar surface area (TPSA) is 70.4 Å². The van der Waals surface area contributed by atoms with E-state index in [0.29, 0.717) is 18.2 Å². The molecule has 0 aliphatic carbocycles. The summed E-state index contributed by atoms with van der Waals surface area (Å²) in [6.45, 7) is 5.56. The monoisotopic (exact) mass is 288 g/mol. The summed E-state index contributed by atoms with van der Waals surface area (Å²) in [7, 11) is 0. The summed E-state index contributed by atoms with van der Waals surface area (Å²) in [6, 6.07) is 4.47. The highest BCUT2D eigenvalue weighted by Crippen LogP contribution is 2.31. The fourth-order valence-corrected chi connectivity index (χ4v) is 3.17. The van der Waals surface area contributed by atoms with E-state index in [9.17, 15) is 4.79 Å². The zero-order valence-corrected chi connectivity index (χ0v) is 12.6. The number of anilines is 3. The number of likely N-dealkylation sites (tertiary alicyclic amines) is 1. The van der Waals surface area contributed by atoms with Crippen molar-refractivity contribution in [3.8, 4) is 0 Å². The average Bonchev–Trinajstić information content (AvgIpc) is 2.99. The van der Waals surface area contributed by atoms with Crippen molar-refractivity contribution in [2.75, 3.05) is 36.0 Å². The average molecular weight is 288 g/mol. The maximum Gasteiger partial charge on any atom is 0.224 e. The summed E-state index contributed by atoms with van der Waals surface area (Å²) >= 11 is 0. The fourth-order valence-electron chi connectivity index (χ4n) is 3.17. The minimum Gasteiger partial charge on any atom is -0.397 e. The Hall–Kier alpha value is -1.75. The van der Waals surface area contributed by atoms with Crippen LogP contribution >= 0.6 is 0 Å². The number of nitrogen functional groups attached to an aromatic ring is 1. The lowest BCUT2D eigenvalue weighted by Crippen LogP contribution is -2.35. The second-order valence-corrected chi connectivity index (χ2v) is 6.12. The molecule has 1 fully saturated rings. The van der Waals surface area contributed by atoms with Crippen LogP contribution < -0.4 is 16.4 Å². The van der Waals surface area contributed by atoms with E-state index < -0.39 is 0 Å². The van der Waals surface area contributed by atoms with Gasteiger partial charge in [-0.05, 0) is 57.0 Å². The molecule has 0 bridgehead atoms. The SMILES string of the molecule is CC(CNc1cc2c(cc1N)NC(=O)CC2)N1CCCC1. The molecule has 0 saturated carbocycles. The molecule has 5 heteroatoms. The van der Waals surface area contributed by atoms with Crippen LogP contribution in [0.4, 0.5) is 17.1 Å². The Bertz CT molecular complexity index is 537. The summed E-state index contributed by atoms with van der Waals surface area (Å²) in [4.78, 5) is 13.9. The number of carbonyl (C=O) groups is 1. The van der Waals surface area contributed by atoms with Gasteiger partial charge in [-0.25, -0.2) is 0 Å². The van der Waals surface area contributed by atoms with Crippen molar-refractivity contribution in [3.63, 3.8) is 0 Å². The van der Waals surface area contributed by atoms with Gasteiger partial charge >= 0.3 is 0 Å². The van der Waals surface area contributed by atoms with Crippen LogP contribution in [0.15, 0.2) is 12.1 Å². The van der Waals surface area contributed by atoms with Gasteiger partial charge in [-0.3, -0.25) is 9.69 Å². The van der Waals surface area contributed by atoms with Crippen LogP contribution in [0.25, 0.3) is 0 Å². The first kappa shape index (κ1) is 14.2. The quantitative estimate of drug-likeness (QED) is 0.742. The van der Waals surface area contributed by atoms with E-state index in [1.807, 2.05) is 6.07 Å². The third kappa shape index (κ3) is 3.13. The first-order valence-corrected chi connectivity index (χ1v) is 7.83. The van der Waals surface area contributed by atoms with Crippen LogP contribution in [0.2, 0.25) is 0 Å². The number of carbonyl (C=O) groups excluding carboxylic acids is 1. The maximum atomic E-state index is 11.4. The van der Waals surface area contributed by atoms with Crippen molar-refractivity contribution < 1.29 is 4.79 Å². The van der Waals surface area contributed by atoms with Gasteiger partial charge in [0.2, 0.25) is 5.91 Å². The molecule has 4 N–H and O–H groups in total. The molecular formula is C16H24N4O. The van der Waals surface area contributed by atoms with Crippen LogP contribution in [-0.2, 0) is 11.2 Å². The Balaban J connectivity index is 1.66. The van der Waals surface area contributed by atoms with E-state index in [1.54, 1.807) is 0 Å². The standard InChI is InChI=1S/C16H24N4O/c1-11(20-6-2-3-7-20)10-18-15-8-12-4-5-16(21)19-14(12)9-13(15)17/h8-9,11,18H,2-7,10,17H2,1H3,(H,19,21). The van der Waals surface area contributed by atoms with E-state index in [1.165, 1.54) is 31.5 Å². The van der Waals surface area contributed by atoms with Crippen LogP contribution in [-0.4, -0.2) is 36.5 Å². The number of nitrogens with zero attached hydrogens (tertiary/aromatic N) is 1. The molecule has 5 nitrogen and oxygen atoms in total. The summed E-state index contributed by atoms with van der Waals surface area (Å²) in [5.74, 6) is 0.0743. The Labute approximate surface area is 125 Å². The number of hydrogen-bond acceptors (Lipinski definition) is 4. The number of aryl methyl sites for hydroxylation is 1. The minimum absolute atomic E-state index is 0.0743. The Kier molecular flexibility index (Phi) is 4.01. The van der Waals surface area contributed by atoms with E-state index in [4.69, 9.17) is 5.73 Å². The molecule has 1 unspecified atom stereocenters. The van der Waals surface area contributed by atoms with Crippen molar-refractivity contribution in [2.45, 2.75) is 38.6 Å². The number of hydrogen-bond donors (Lipinski definition) is 3. The first-order chi connectivity index (χ1) is 10.1. The number of nitrogens with one attached hydrogen (secondary N) is 2. The van der Waals surface area contributed by atoms with Gasteiger partial charge in [-0.15, -0.1) is 0 Å². The third-order valence-corrected chi connectivity index (χ3v) is 4.52. The van der Waals surface area contributed by atoms with Gasteiger partial charge in [0.25, 0.3) is 0 Å². The molecule has 114 valence electrons. The highest BCUT2D eigenvalue weighted by atomic mass is 16.1. The summed E-state index contributed by atoms with van der Waals surface area (Å²) in [6.07, 6.45) is 3.97. The van der Waals surface area contributed by atoms with Gasteiger partial charge in [-0.1, -0.05) is 0 Å². The lowest BCUT2D eigenvalue weighted by atomic mass is 10.0. The third-order valence-electron chi connectivity index (χ3n) is 4.52. The van der Waals surface area contributed by atoms with Gasteiger partial charge in [0.15, 0.2) is 0 Å².